The number of hydrogen-bond acceptors (Lipinski definition) is 6. The number of anilines is 1. The van der Waals surface area contributed by atoms with E-state index in [1.807, 2.05) is 0 Å². The van der Waals surface area contributed by atoms with E-state index in [-0.39, 0.29) is 11.3 Å². The lowest BCUT2D eigenvalue weighted by Crippen LogP contribution is -2.35. The maximum Gasteiger partial charge on any atom is 0.344 e. The van der Waals surface area contributed by atoms with Crippen molar-refractivity contribution in [3.05, 3.63) is 59.6 Å². The molecule has 0 radical (unpaired) electrons. The van der Waals surface area contributed by atoms with Gasteiger partial charge in [0.2, 0.25) is 5.91 Å². The van der Waals surface area contributed by atoms with Crippen LogP contribution in [0.1, 0.15) is 16.1 Å². The number of ether oxygens (including phenoxy) is 1. The van der Waals surface area contributed by atoms with Gasteiger partial charge in [-0.25, -0.2) is 23.1 Å². The molecule has 2 heterocycles. The van der Waals surface area contributed by atoms with Crippen molar-refractivity contribution in [2.75, 3.05) is 18.5 Å². The summed E-state index contributed by atoms with van der Waals surface area (Å²) in [6, 6.07) is 4.49. The highest BCUT2D eigenvalue weighted by Crippen LogP contribution is 2.14. The summed E-state index contributed by atoms with van der Waals surface area (Å²) in [6.07, 6.45) is 3.11. The Morgan fingerprint density at radius 1 is 1.17 bits per heavy atom. The van der Waals surface area contributed by atoms with Crippen LogP contribution in [0.15, 0.2) is 36.7 Å². The fourth-order valence-electron chi connectivity index (χ4n) is 2.45. The number of fused-ring (bicyclic) bond motifs is 1. The summed E-state index contributed by atoms with van der Waals surface area (Å²) < 4.78 is 32.3. The Labute approximate surface area is 162 Å². The Balaban J connectivity index is 1.49. The Bertz CT molecular complexity index is 1100. The molecule has 9 nitrogen and oxygen atoms in total. The molecule has 2 aromatic heterocycles. The molecule has 3 aromatic rings. The van der Waals surface area contributed by atoms with E-state index in [4.69, 9.17) is 4.74 Å². The number of hydrogen-bond donors (Lipinski definition) is 2. The van der Waals surface area contributed by atoms with Gasteiger partial charge in [0, 0.05) is 24.1 Å². The van der Waals surface area contributed by atoms with Gasteiger partial charge < -0.3 is 15.4 Å². The summed E-state index contributed by atoms with van der Waals surface area (Å²) in [4.78, 5) is 39.9. The van der Waals surface area contributed by atoms with Crippen LogP contribution in [-0.2, 0) is 14.3 Å². The van der Waals surface area contributed by atoms with Crippen LogP contribution < -0.4 is 10.6 Å². The maximum atomic E-state index is 13.1. The first-order valence-electron chi connectivity index (χ1n) is 8.34. The molecule has 0 spiro atoms. The van der Waals surface area contributed by atoms with E-state index in [0.29, 0.717) is 11.3 Å². The summed E-state index contributed by atoms with van der Waals surface area (Å²) in [5.41, 5.74) is 0.849. The number of carbonyl (C=O) groups excluding carboxylic acids is 3. The third-order valence-electron chi connectivity index (χ3n) is 3.76. The predicted molar refractivity (Wildman–Crippen MR) is 96.0 cm³/mol. The minimum Gasteiger partial charge on any atom is -0.452 e. The van der Waals surface area contributed by atoms with Gasteiger partial charge in [-0.3, -0.25) is 9.59 Å². The summed E-state index contributed by atoms with van der Waals surface area (Å²) in [7, 11) is 0. The lowest BCUT2D eigenvalue weighted by atomic mass is 10.2. The summed E-state index contributed by atoms with van der Waals surface area (Å²) in [5.74, 6) is -4.33. The van der Waals surface area contributed by atoms with Crippen LogP contribution in [-0.4, -0.2) is 45.5 Å². The van der Waals surface area contributed by atoms with Crippen LogP contribution in [0.2, 0.25) is 0 Å². The van der Waals surface area contributed by atoms with Crippen LogP contribution in [0, 0.1) is 18.6 Å². The molecule has 0 aliphatic rings. The zero-order valence-electron chi connectivity index (χ0n) is 15.1. The van der Waals surface area contributed by atoms with Crippen LogP contribution >= 0.6 is 0 Å². The molecule has 0 saturated carbocycles. The second-order valence-electron chi connectivity index (χ2n) is 5.88. The predicted octanol–water partition coefficient (Wildman–Crippen LogP) is 1.23. The van der Waals surface area contributed by atoms with E-state index < -0.39 is 42.6 Å². The second kappa shape index (κ2) is 8.42. The molecule has 1 aromatic carbocycles. The normalized spacial score (nSPS) is 10.6. The minimum atomic E-state index is -1.11. The van der Waals surface area contributed by atoms with E-state index >= 15 is 0 Å². The van der Waals surface area contributed by atoms with Crippen LogP contribution in [0.3, 0.4) is 0 Å². The number of nitrogens with zero attached hydrogens (tertiary/aromatic N) is 3. The molecular formula is C18H15F2N5O4. The van der Waals surface area contributed by atoms with Gasteiger partial charge in [-0.1, -0.05) is 0 Å². The molecule has 3 rings (SSSR count). The van der Waals surface area contributed by atoms with Crippen molar-refractivity contribution in [1.82, 2.24) is 19.9 Å². The summed E-state index contributed by atoms with van der Waals surface area (Å²) in [5, 5.41) is 8.66. The molecule has 0 atom stereocenters. The van der Waals surface area contributed by atoms with Gasteiger partial charge in [0.05, 0.1) is 12.2 Å². The first-order valence-corrected chi connectivity index (χ1v) is 8.34. The van der Waals surface area contributed by atoms with Crippen molar-refractivity contribution >= 4 is 29.1 Å². The molecule has 0 unspecified atom stereocenters. The van der Waals surface area contributed by atoms with Crippen molar-refractivity contribution in [2.45, 2.75) is 6.92 Å². The van der Waals surface area contributed by atoms with Crippen molar-refractivity contribution in [3.8, 4) is 0 Å². The fourth-order valence-corrected chi connectivity index (χ4v) is 2.45. The first kappa shape index (κ1) is 19.9. The highest BCUT2D eigenvalue weighted by atomic mass is 19.2. The quantitative estimate of drug-likeness (QED) is 0.599. The van der Waals surface area contributed by atoms with E-state index in [9.17, 15) is 23.2 Å². The zero-order valence-corrected chi connectivity index (χ0v) is 15.1. The molecule has 11 heteroatoms. The Hall–Kier alpha value is -3.89. The van der Waals surface area contributed by atoms with Crippen molar-refractivity contribution < 1.29 is 27.9 Å². The molecular weight excluding hydrogens is 388 g/mol. The number of aromatic nitrogens is 3. The maximum absolute atomic E-state index is 13.1. The van der Waals surface area contributed by atoms with Gasteiger partial charge in [-0.2, -0.15) is 5.10 Å². The highest BCUT2D eigenvalue weighted by Gasteiger charge is 2.20. The topological polar surface area (TPSA) is 115 Å². The lowest BCUT2D eigenvalue weighted by molar-refractivity contribution is -0.126. The van der Waals surface area contributed by atoms with E-state index in [2.05, 4.69) is 20.7 Å². The number of nitrogens with one attached hydrogen (secondary N) is 2. The van der Waals surface area contributed by atoms with E-state index in [1.54, 1.807) is 19.2 Å². The number of halogens is 2. The van der Waals surface area contributed by atoms with Crippen molar-refractivity contribution in [2.24, 2.45) is 0 Å². The van der Waals surface area contributed by atoms with Crippen LogP contribution in [0.4, 0.5) is 14.5 Å². The second-order valence-corrected chi connectivity index (χ2v) is 5.88. The minimum absolute atomic E-state index is 0.0330. The number of amides is 2. The zero-order chi connectivity index (χ0) is 21.0. The molecule has 2 amide bonds. The number of esters is 1. The van der Waals surface area contributed by atoms with Gasteiger partial charge in [0.1, 0.15) is 5.56 Å². The van der Waals surface area contributed by atoms with Gasteiger partial charge in [0.15, 0.2) is 23.9 Å². The molecule has 0 aliphatic carbocycles. The fraction of sp³-hybridized carbons (Fsp3) is 0.167. The Kier molecular flexibility index (Phi) is 5.77. The van der Waals surface area contributed by atoms with Crippen LogP contribution in [0.5, 0.6) is 0 Å². The standard InChI is InChI=1S/C18H15F2N5O4/c1-10-16(17-21-5-2-6-25(17)24-10)18(28)29-9-15(27)22-8-14(26)23-11-3-4-12(19)13(20)7-11/h2-7H,8-9H2,1H3,(H,22,27)(H,23,26). The van der Waals surface area contributed by atoms with Crippen LogP contribution in [0.25, 0.3) is 5.65 Å². The smallest absolute Gasteiger partial charge is 0.344 e. The number of aryl methyl sites for hydroxylation is 1. The largest absolute Gasteiger partial charge is 0.452 e. The monoisotopic (exact) mass is 403 g/mol. The first-order chi connectivity index (χ1) is 13.8. The SMILES string of the molecule is Cc1nn2cccnc2c1C(=O)OCC(=O)NCC(=O)Nc1ccc(F)c(F)c1. The highest BCUT2D eigenvalue weighted by molar-refractivity contribution is 5.98. The number of benzene rings is 1. The van der Waals surface area contributed by atoms with E-state index in [0.717, 1.165) is 12.1 Å². The van der Waals surface area contributed by atoms with Gasteiger partial charge in [-0.05, 0) is 25.1 Å². The Morgan fingerprint density at radius 2 is 1.97 bits per heavy atom. The molecule has 0 bridgehead atoms. The molecule has 29 heavy (non-hydrogen) atoms. The third kappa shape index (κ3) is 4.69. The van der Waals surface area contributed by atoms with Crippen molar-refractivity contribution in [1.29, 1.82) is 0 Å². The van der Waals surface area contributed by atoms with E-state index in [1.165, 1.54) is 16.8 Å². The number of rotatable bonds is 6. The summed E-state index contributed by atoms with van der Waals surface area (Å²) >= 11 is 0. The van der Waals surface area contributed by atoms with Gasteiger partial charge >= 0.3 is 5.97 Å². The Morgan fingerprint density at radius 3 is 2.72 bits per heavy atom. The molecule has 2 N–H and O–H groups in total. The van der Waals surface area contributed by atoms with Gasteiger partial charge in [0.25, 0.3) is 5.91 Å². The molecule has 150 valence electrons. The molecule has 0 aliphatic heterocycles. The third-order valence-corrected chi connectivity index (χ3v) is 3.76. The average Bonchev–Trinajstić information content (AvgIpc) is 3.03. The molecule has 0 saturated heterocycles. The average molecular weight is 403 g/mol. The number of carbonyl (C=O) groups is 3. The van der Waals surface area contributed by atoms with Crippen molar-refractivity contribution in [3.63, 3.8) is 0 Å². The molecule has 0 fully saturated rings. The lowest BCUT2D eigenvalue weighted by Gasteiger charge is -2.08. The summed E-state index contributed by atoms with van der Waals surface area (Å²) in [6.45, 7) is 0.529. The van der Waals surface area contributed by atoms with Gasteiger partial charge in [-0.15, -0.1) is 0 Å².